The average Bonchev–Trinajstić information content (AvgIpc) is 2.91. The highest BCUT2D eigenvalue weighted by Crippen LogP contribution is 2.35. The van der Waals surface area contributed by atoms with Gasteiger partial charge in [-0.2, -0.15) is 5.10 Å². The summed E-state index contributed by atoms with van der Waals surface area (Å²) in [5, 5.41) is 20.1. The monoisotopic (exact) mass is 636 g/mol. The molecule has 1 aliphatic heterocycles. The van der Waals surface area contributed by atoms with Gasteiger partial charge in [-0.05, 0) is 65.2 Å². The molecule has 1 heterocycles. The summed E-state index contributed by atoms with van der Waals surface area (Å²) in [7, 11) is 1.27. The number of rotatable bonds is 13. The molecule has 0 saturated heterocycles. The topological polar surface area (TPSA) is 140 Å². The predicted octanol–water partition coefficient (Wildman–Crippen LogP) is 4.19. The summed E-state index contributed by atoms with van der Waals surface area (Å²) in [6.45, 7) is 7.52. The Morgan fingerprint density at radius 2 is 2.05 bits per heavy atom. The van der Waals surface area contributed by atoms with E-state index in [2.05, 4.69) is 43.7 Å². The van der Waals surface area contributed by atoms with Crippen molar-refractivity contribution < 1.29 is 33.6 Å². The van der Waals surface area contributed by atoms with Gasteiger partial charge < -0.3 is 34.7 Å². The Morgan fingerprint density at radius 1 is 1.27 bits per heavy atom. The van der Waals surface area contributed by atoms with Gasteiger partial charge in [0.1, 0.15) is 13.2 Å². The zero-order valence-electron chi connectivity index (χ0n) is 22.1. The minimum atomic E-state index is -1.15. The lowest BCUT2D eigenvalue weighted by Gasteiger charge is -2.28. The second-order valence-electron chi connectivity index (χ2n) is 8.33. The van der Waals surface area contributed by atoms with Crippen LogP contribution in [0.4, 0.5) is 4.79 Å². The number of carbonyl (C=O) groups is 2. The van der Waals surface area contributed by atoms with Gasteiger partial charge in [-0.3, -0.25) is 5.43 Å². The van der Waals surface area contributed by atoms with Gasteiger partial charge in [0.25, 0.3) is 0 Å². The van der Waals surface area contributed by atoms with E-state index >= 15 is 0 Å². The van der Waals surface area contributed by atoms with Crippen molar-refractivity contribution in [3.8, 4) is 17.2 Å². The molecular formula is C27H30BrClN4O7. The first-order valence-corrected chi connectivity index (χ1v) is 13.3. The Labute approximate surface area is 245 Å². The molecule has 0 saturated carbocycles. The fraction of sp³-hybridized carbons (Fsp3) is 0.296. The maximum atomic E-state index is 12.4. The lowest BCUT2D eigenvalue weighted by Crippen LogP contribution is -2.45. The number of hydrazone groups is 1. The maximum absolute atomic E-state index is 12.4. The molecule has 0 radical (unpaired) electrons. The van der Waals surface area contributed by atoms with Crippen LogP contribution < -0.4 is 30.3 Å². The highest BCUT2D eigenvalue weighted by atomic mass is 79.9. The minimum absolute atomic E-state index is 0.161. The Kier molecular flexibility index (Phi) is 11.2. The Hall–Kier alpha value is -3.74. The number of hydrogen-bond acceptors (Lipinski definition) is 9. The standard InChI is InChI=1S/C27H30BrClN4O7/c1-5-9-39-25-18(28)10-16(11-19(25)29)13-30-33-22(34)14-40-20-8-7-17(12-21(20)38-6-2)24-23(26(35)37-4)15(3)31-27(36)32-24/h5,7-8,10-13,22,24,33-34H,1,6,9,14H2,2-4H3,(H2,31,32,36)/b30-13-/t22-,24-/m0/s1. The second kappa shape index (κ2) is 14.6. The van der Waals surface area contributed by atoms with Crippen molar-refractivity contribution in [3.63, 3.8) is 0 Å². The average molecular weight is 638 g/mol. The van der Waals surface area contributed by atoms with Gasteiger partial charge in [-0.1, -0.05) is 30.3 Å². The highest BCUT2D eigenvalue weighted by Gasteiger charge is 2.32. The molecule has 1 aliphatic rings. The summed E-state index contributed by atoms with van der Waals surface area (Å²) in [5.41, 5.74) is 4.49. The van der Waals surface area contributed by atoms with Crippen molar-refractivity contribution in [1.29, 1.82) is 0 Å². The smallest absolute Gasteiger partial charge is 0.337 e. The summed E-state index contributed by atoms with van der Waals surface area (Å²) in [5.74, 6) is 0.631. The molecule has 0 spiro atoms. The van der Waals surface area contributed by atoms with Crippen molar-refractivity contribution in [2.75, 3.05) is 26.9 Å². The summed E-state index contributed by atoms with van der Waals surface area (Å²) >= 11 is 9.69. The van der Waals surface area contributed by atoms with Crippen molar-refractivity contribution in [1.82, 2.24) is 16.1 Å². The van der Waals surface area contributed by atoms with Crippen LogP contribution in [0.5, 0.6) is 17.2 Å². The first kappa shape index (κ1) is 30.8. The molecule has 0 bridgehead atoms. The van der Waals surface area contributed by atoms with Gasteiger partial charge in [0, 0.05) is 5.70 Å². The molecule has 0 aliphatic carbocycles. The summed E-state index contributed by atoms with van der Waals surface area (Å²) in [4.78, 5) is 24.5. The van der Waals surface area contributed by atoms with Crippen LogP contribution in [-0.4, -0.2) is 56.5 Å². The normalized spacial score (nSPS) is 15.7. The van der Waals surface area contributed by atoms with E-state index < -0.39 is 24.3 Å². The fourth-order valence-corrected chi connectivity index (χ4v) is 4.74. The molecule has 4 N–H and O–H groups in total. The minimum Gasteiger partial charge on any atom is -0.490 e. The second-order valence-corrected chi connectivity index (χ2v) is 9.59. The molecular weight excluding hydrogens is 608 g/mol. The van der Waals surface area contributed by atoms with E-state index in [1.54, 1.807) is 50.3 Å². The molecule has 214 valence electrons. The van der Waals surface area contributed by atoms with E-state index in [0.717, 1.165) is 0 Å². The maximum Gasteiger partial charge on any atom is 0.337 e. The summed E-state index contributed by atoms with van der Waals surface area (Å²) in [6.07, 6.45) is 1.95. The van der Waals surface area contributed by atoms with Gasteiger partial charge in [-0.15, -0.1) is 0 Å². The Morgan fingerprint density at radius 3 is 2.73 bits per heavy atom. The number of amides is 2. The molecule has 2 aromatic rings. The molecule has 0 fully saturated rings. The van der Waals surface area contributed by atoms with Crippen LogP contribution in [0.25, 0.3) is 0 Å². The quantitative estimate of drug-likeness (QED) is 0.0843. The number of urea groups is 1. The summed E-state index contributed by atoms with van der Waals surface area (Å²) in [6, 6.07) is 7.20. The van der Waals surface area contributed by atoms with Gasteiger partial charge in [-0.25, -0.2) is 9.59 Å². The van der Waals surface area contributed by atoms with Crippen LogP contribution >= 0.6 is 27.5 Å². The molecule has 3 rings (SSSR count). The molecule has 0 unspecified atom stereocenters. The fourth-order valence-electron chi connectivity index (χ4n) is 3.75. The number of carbonyl (C=O) groups excluding carboxylic acids is 2. The molecule has 0 aromatic heterocycles. The molecule has 2 amide bonds. The molecule has 11 nitrogen and oxygen atoms in total. The number of nitrogens with one attached hydrogen (secondary N) is 3. The first-order valence-electron chi connectivity index (χ1n) is 12.1. The van der Waals surface area contributed by atoms with Crippen molar-refractivity contribution >= 4 is 45.7 Å². The number of ether oxygens (including phenoxy) is 4. The molecule has 2 aromatic carbocycles. The number of halogens is 2. The van der Waals surface area contributed by atoms with E-state index in [9.17, 15) is 14.7 Å². The van der Waals surface area contributed by atoms with Crippen molar-refractivity contribution in [2.24, 2.45) is 5.10 Å². The third-order valence-electron chi connectivity index (χ3n) is 5.48. The van der Waals surface area contributed by atoms with E-state index in [1.807, 2.05) is 0 Å². The van der Waals surface area contributed by atoms with Gasteiger partial charge in [0.15, 0.2) is 23.5 Å². The van der Waals surface area contributed by atoms with Crippen molar-refractivity contribution in [3.05, 3.63) is 74.9 Å². The van der Waals surface area contributed by atoms with Crippen LogP contribution in [-0.2, 0) is 9.53 Å². The Balaban J connectivity index is 1.68. The number of aliphatic hydroxyl groups excluding tert-OH is 1. The number of aliphatic hydroxyl groups is 1. The van der Waals surface area contributed by atoms with E-state index in [0.29, 0.717) is 56.8 Å². The lowest BCUT2D eigenvalue weighted by atomic mass is 9.95. The predicted molar refractivity (Wildman–Crippen MR) is 154 cm³/mol. The zero-order chi connectivity index (χ0) is 29.2. The van der Waals surface area contributed by atoms with Gasteiger partial charge >= 0.3 is 12.0 Å². The van der Waals surface area contributed by atoms with Crippen molar-refractivity contribution in [2.45, 2.75) is 26.1 Å². The number of methoxy groups -OCH3 is 1. The Bertz CT molecular complexity index is 1290. The highest BCUT2D eigenvalue weighted by molar-refractivity contribution is 9.10. The lowest BCUT2D eigenvalue weighted by molar-refractivity contribution is -0.136. The van der Waals surface area contributed by atoms with E-state index in [-0.39, 0.29) is 12.2 Å². The van der Waals surface area contributed by atoms with E-state index in [1.165, 1.54) is 13.3 Å². The zero-order valence-corrected chi connectivity index (χ0v) is 24.5. The van der Waals surface area contributed by atoms with Crippen LogP contribution in [0.1, 0.15) is 31.0 Å². The van der Waals surface area contributed by atoms with Gasteiger partial charge in [0.05, 0.1) is 41.0 Å². The third-order valence-corrected chi connectivity index (χ3v) is 6.35. The molecule has 2 atom stereocenters. The first-order chi connectivity index (χ1) is 19.2. The van der Waals surface area contributed by atoms with Crippen LogP contribution in [0.3, 0.4) is 0 Å². The number of benzene rings is 2. The largest absolute Gasteiger partial charge is 0.490 e. The SMILES string of the molecule is C=CCOc1c(Cl)cc(/C=N\N[C@@H](O)COc2ccc([C@@H]3NC(=O)NC(C)=C3C(=O)OC)cc2OCC)cc1Br. The van der Waals surface area contributed by atoms with Gasteiger partial charge in [0.2, 0.25) is 0 Å². The third kappa shape index (κ3) is 7.90. The van der Waals surface area contributed by atoms with Crippen LogP contribution in [0, 0.1) is 0 Å². The summed E-state index contributed by atoms with van der Waals surface area (Å²) < 4.78 is 22.5. The number of hydrogen-bond donors (Lipinski definition) is 4. The number of nitrogens with zero attached hydrogens (tertiary/aromatic N) is 1. The molecule has 13 heteroatoms. The van der Waals surface area contributed by atoms with E-state index in [4.69, 9.17) is 30.5 Å². The molecule has 40 heavy (non-hydrogen) atoms. The van der Waals surface area contributed by atoms with Crippen LogP contribution in [0.15, 0.2) is 63.8 Å². The number of esters is 1. The van der Waals surface area contributed by atoms with Crippen LogP contribution in [0.2, 0.25) is 5.02 Å². The number of allylic oxidation sites excluding steroid dienone is 1.